The number of pyridine rings is 2. The fourth-order valence-corrected chi connectivity index (χ4v) is 3.06. The van der Waals surface area contributed by atoms with E-state index in [4.69, 9.17) is 4.42 Å². The predicted molar refractivity (Wildman–Crippen MR) is 87.5 cm³/mol. The van der Waals surface area contributed by atoms with Gasteiger partial charge in [-0.3, -0.25) is 0 Å². The van der Waals surface area contributed by atoms with Gasteiger partial charge in [0.2, 0.25) is 17.4 Å². The van der Waals surface area contributed by atoms with Crippen LogP contribution in [0.4, 0.5) is 8.78 Å². The van der Waals surface area contributed by atoms with E-state index in [1.54, 1.807) is 13.0 Å². The summed E-state index contributed by atoms with van der Waals surface area (Å²) in [5, 5.41) is 0.821. The summed E-state index contributed by atoms with van der Waals surface area (Å²) in [6.07, 6.45) is 1.93. The van der Waals surface area contributed by atoms with Crippen LogP contribution in [0.1, 0.15) is 11.1 Å². The molecule has 1 aromatic carbocycles. The average molecular weight is 325 g/mol. The molecule has 24 heavy (non-hydrogen) atoms. The number of fused-ring (bicyclic) bond motifs is 3. The van der Waals surface area contributed by atoms with Crippen molar-refractivity contribution in [1.29, 1.82) is 0 Å². The molecular weight excluding hydrogens is 310 g/mol. The summed E-state index contributed by atoms with van der Waals surface area (Å²) in [7, 11) is 1.91. The van der Waals surface area contributed by atoms with Crippen molar-refractivity contribution in [3.05, 3.63) is 59.4 Å². The van der Waals surface area contributed by atoms with Crippen LogP contribution in [0.2, 0.25) is 0 Å². The van der Waals surface area contributed by atoms with Crippen LogP contribution in [-0.4, -0.2) is 4.98 Å². The van der Waals surface area contributed by atoms with Gasteiger partial charge in [-0.15, -0.1) is 0 Å². The second-order valence-electron chi connectivity index (χ2n) is 6.03. The quantitative estimate of drug-likeness (QED) is 0.384. The molecule has 0 aliphatic carbocycles. The third-order valence-corrected chi connectivity index (χ3v) is 4.36. The first-order valence-corrected chi connectivity index (χ1v) is 7.60. The molecule has 0 fully saturated rings. The fraction of sp³-hybridized carbons (Fsp3) is 0.158. The van der Waals surface area contributed by atoms with Gasteiger partial charge in [0.15, 0.2) is 6.20 Å². The minimum atomic E-state index is -0.649. The lowest BCUT2D eigenvalue weighted by atomic mass is 10.00. The Bertz CT molecular complexity index is 1120. The van der Waals surface area contributed by atoms with Crippen molar-refractivity contribution in [1.82, 2.24) is 4.98 Å². The largest absolute Gasteiger partial charge is 0.437 e. The van der Waals surface area contributed by atoms with E-state index in [0.717, 1.165) is 16.8 Å². The molecule has 4 aromatic rings. The number of nitrogens with zero attached hydrogens (tertiary/aromatic N) is 2. The van der Waals surface area contributed by atoms with Crippen molar-refractivity contribution >= 4 is 22.1 Å². The number of aryl methyl sites for hydroxylation is 2. The zero-order valence-electron chi connectivity index (χ0n) is 13.5. The van der Waals surface area contributed by atoms with Gasteiger partial charge in [0.25, 0.3) is 0 Å². The molecule has 0 amide bonds. The zero-order valence-corrected chi connectivity index (χ0v) is 13.5. The first-order valence-electron chi connectivity index (χ1n) is 7.60. The van der Waals surface area contributed by atoms with E-state index in [1.807, 2.05) is 36.9 Å². The second-order valence-corrected chi connectivity index (χ2v) is 6.03. The Morgan fingerprint density at radius 2 is 1.88 bits per heavy atom. The molecule has 3 nitrogen and oxygen atoms in total. The van der Waals surface area contributed by atoms with Gasteiger partial charge in [0.05, 0.1) is 16.3 Å². The number of benzene rings is 1. The molecule has 3 heterocycles. The molecule has 0 spiro atoms. The topological polar surface area (TPSA) is 29.9 Å². The van der Waals surface area contributed by atoms with Crippen LogP contribution in [0.5, 0.6) is 0 Å². The van der Waals surface area contributed by atoms with Crippen LogP contribution in [0.25, 0.3) is 33.3 Å². The lowest BCUT2D eigenvalue weighted by Gasteiger charge is -2.07. The van der Waals surface area contributed by atoms with Crippen LogP contribution in [0, 0.1) is 25.6 Å². The molecule has 3 aromatic heterocycles. The number of furan rings is 1. The fourth-order valence-electron chi connectivity index (χ4n) is 3.06. The third-order valence-electron chi connectivity index (χ3n) is 4.36. The van der Waals surface area contributed by atoms with Gasteiger partial charge in [0, 0.05) is 12.1 Å². The SMILES string of the molecule is Cc1cc[n+](C)c(-c2cc3oc4nc(F)ccc4c3c(F)c2C)c1. The van der Waals surface area contributed by atoms with E-state index in [-0.39, 0.29) is 11.5 Å². The monoisotopic (exact) mass is 325 g/mol. The summed E-state index contributed by atoms with van der Waals surface area (Å²) in [5.41, 5.74) is 3.70. The van der Waals surface area contributed by atoms with Gasteiger partial charge in [-0.1, -0.05) is 0 Å². The van der Waals surface area contributed by atoms with E-state index in [2.05, 4.69) is 4.98 Å². The van der Waals surface area contributed by atoms with E-state index in [9.17, 15) is 4.39 Å². The van der Waals surface area contributed by atoms with Crippen molar-refractivity contribution in [3.8, 4) is 11.3 Å². The van der Waals surface area contributed by atoms with Gasteiger partial charge in [-0.25, -0.2) is 8.96 Å². The van der Waals surface area contributed by atoms with E-state index in [1.165, 1.54) is 12.1 Å². The van der Waals surface area contributed by atoms with Crippen molar-refractivity contribution in [2.75, 3.05) is 0 Å². The summed E-state index contributed by atoms with van der Waals surface area (Å²) in [5.74, 6) is -1.01. The van der Waals surface area contributed by atoms with Crippen LogP contribution in [-0.2, 0) is 7.05 Å². The molecule has 0 unspecified atom stereocenters. The smallest absolute Gasteiger partial charge is 0.230 e. The highest BCUT2D eigenvalue weighted by atomic mass is 19.1. The maximum absolute atomic E-state index is 15.0. The van der Waals surface area contributed by atoms with Crippen molar-refractivity contribution in [2.45, 2.75) is 13.8 Å². The Balaban J connectivity index is 2.10. The molecule has 0 N–H and O–H groups in total. The molecule has 0 saturated carbocycles. The minimum Gasteiger partial charge on any atom is -0.437 e. The highest BCUT2D eigenvalue weighted by Crippen LogP contribution is 2.35. The zero-order chi connectivity index (χ0) is 17.0. The number of hydrogen-bond donors (Lipinski definition) is 0. The van der Waals surface area contributed by atoms with Crippen LogP contribution >= 0.6 is 0 Å². The van der Waals surface area contributed by atoms with E-state index in [0.29, 0.717) is 21.9 Å². The van der Waals surface area contributed by atoms with Crippen LogP contribution < -0.4 is 4.57 Å². The highest BCUT2D eigenvalue weighted by Gasteiger charge is 2.22. The Hall–Kier alpha value is -2.82. The first kappa shape index (κ1) is 14.8. The summed E-state index contributed by atoms with van der Waals surface area (Å²) >= 11 is 0. The molecule has 0 atom stereocenters. The molecule has 0 radical (unpaired) electrons. The van der Waals surface area contributed by atoms with Crippen LogP contribution in [0.15, 0.2) is 40.9 Å². The Morgan fingerprint density at radius 3 is 2.67 bits per heavy atom. The summed E-state index contributed by atoms with van der Waals surface area (Å²) in [6.45, 7) is 3.73. The minimum absolute atomic E-state index is 0.106. The summed E-state index contributed by atoms with van der Waals surface area (Å²) in [6, 6.07) is 8.48. The first-order chi connectivity index (χ1) is 11.5. The van der Waals surface area contributed by atoms with Crippen LogP contribution in [0.3, 0.4) is 0 Å². The Labute approximate surface area is 137 Å². The van der Waals surface area contributed by atoms with Gasteiger partial charge >= 0.3 is 0 Å². The van der Waals surface area contributed by atoms with Crippen molar-refractivity contribution in [2.24, 2.45) is 7.05 Å². The molecule has 0 bridgehead atoms. The average Bonchev–Trinajstić information content (AvgIpc) is 2.90. The third kappa shape index (κ3) is 2.08. The normalized spacial score (nSPS) is 11.5. The van der Waals surface area contributed by atoms with Gasteiger partial charge in [0.1, 0.15) is 18.4 Å². The Kier molecular flexibility index (Phi) is 3.13. The molecule has 5 heteroatoms. The number of aromatic nitrogens is 2. The molecule has 4 rings (SSSR count). The Morgan fingerprint density at radius 1 is 1.08 bits per heavy atom. The molecule has 0 aliphatic heterocycles. The highest BCUT2D eigenvalue weighted by molar-refractivity contribution is 6.05. The number of halogens is 2. The molecule has 120 valence electrons. The number of hydrogen-bond acceptors (Lipinski definition) is 2. The molecular formula is C19H15F2N2O+. The van der Waals surface area contributed by atoms with Gasteiger partial charge in [-0.05, 0) is 43.2 Å². The second kappa shape index (κ2) is 5.09. The standard InChI is InChI=1S/C19H15F2N2O/c1-10-6-7-23(3)14(8-10)13-9-15-17(18(21)11(13)2)12-4-5-16(20)22-19(12)24-15/h4-9H,1-3H3/q+1. The van der Waals surface area contributed by atoms with E-state index >= 15 is 4.39 Å². The maximum atomic E-state index is 15.0. The van der Waals surface area contributed by atoms with E-state index < -0.39 is 5.95 Å². The van der Waals surface area contributed by atoms with Gasteiger partial charge in [-0.2, -0.15) is 9.37 Å². The molecule has 0 saturated heterocycles. The summed E-state index contributed by atoms with van der Waals surface area (Å²) in [4.78, 5) is 3.71. The maximum Gasteiger partial charge on any atom is 0.230 e. The predicted octanol–water partition coefficient (Wildman–Crippen LogP) is 4.37. The molecule has 0 aliphatic rings. The number of rotatable bonds is 1. The lowest BCUT2D eigenvalue weighted by Crippen LogP contribution is -2.30. The summed E-state index contributed by atoms with van der Waals surface area (Å²) < 4.78 is 35.9. The van der Waals surface area contributed by atoms with Crippen molar-refractivity contribution < 1.29 is 17.8 Å². The van der Waals surface area contributed by atoms with Gasteiger partial charge < -0.3 is 4.42 Å². The van der Waals surface area contributed by atoms with Crippen molar-refractivity contribution in [3.63, 3.8) is 0 Å². The lowest BCUT2D eigenvalue weighted by molar-refractivity contribution is -0.660.